The molecule has 3 rings (SSSR count). The van der Waals surface area contributed by atoms with Crippen molar-refractivity contribution >= 4 is 27.5 Å². The molecule has 0 saturated carbocycles. The molecule has 0 radical (unpaired) electrons. The normalized spacial score (nSPS) is 11.4. The van der Waals surface area contributed by atoms with Gasteiger partial charge in [0.05, 0.1) is 11.1 Å². The zero-order valence-electron chi connectivity index (χ0n) is 12.6. The number of nitrogen functional groups attached to an aromatic ring is 1. The number of anilines is 1. The van der Waals surface area contributed by atoms with E-state index in [2.05, 4.69) is 48.0 Å². The Kier molecular flexibility index (Phi) is 3.63. The molecule has 3 aromatic rings. The zero-order chi connectivity index (χ0) is 15.0. The Hall–Kier alpha value is -1.95. The summed E-state index contributed by atoms with van der Waals surface area (Å²) in [6.07, 6.45) is 2.80. The summed E-state index contributed by atoms with van der Waals surface area (Å²) in [6.45, 7) is 6.37. The van der Waals surface area contributed by atoms with Crippen LogP contribution in [0, 0.1) is 0 Å². The van der Waals surface area contributed by atoms with E-state index in [1.807, 2.05) is 4.68 Å². The van der Waals surface area contributed by atoms with E-state index in [-0.39, 0.29) is 0 Å². The lowest BCUT2D eigenvalue weighted by atomic mass is 10.2. The maximum Gasteiger partial charge on any atom is 0.223 e. The van der Waals surface area contributed by atoms with Crippen LogP contribution in [-0.2, 0) is 19.3 Å². The van der Waals surface area contributed by atoms with Gasteiger partial charge in [-0.25, -0.2) is 9.67 Å². The summed E-state index contributed by atoms with van der Waals surface area (Å²) in [5, 5.41) is 5.71. The molecule has 0 aliphatic heterocycles. The summed E-state index contributed by atoms with van der Waals surface area (Å²) in [7, 11) is 0. The Morgan fingerprint density at radius 2 is 1.90 bits per heavy atom. The molecule has 110 valence electrons. The third-order valence-corrected chi connectivity index (χ3v) is 4.72. The predicted molar refractivity (Wildman–Crippen MR) is 87.1 cm³/mol. The van der Waals surface area contributed by atoms with Gasteiger partial charge in [-0.15, -0.1) is 11.3 Å². The van der Waals surface area contributed by atoms with Crippen molar-refractivity contribution in [2.45, 2.75) is 40.0 Å². The second-order valence-electron chi connectivity index (χ2n) is 4.94. The van der Waals surface area contributed by atoms with Gasteiger partial charge in [-0.1, -0.05) is 20.8 Å². The lowest BCUT2D eigenvalue weighted by Crippen LogP contribution is -2.07. The minimum atomic E-state index is 0.303. The standard InChI is InChI=1S/C15H19N5S/c1-4-9-7-10(5-2)20(19-9)13-12-8-11(6-3)21-14(12)18-15(16)17-13/h7-8H,4-6H2,1-3H3,(H2,16,17,18). The minimum Gasteiger partial charge on any atom is -0.368 e. The zero-order valence-corrected chi connectivity index (χ0v) is 13.4. The highest BCUT2D eigenvalue weighted by molar-refractivity contribution is 7.18. The summed E-state index contributed by atoms with van der Waals surface area (Å²) in [4.78, 5) is 11.0. The quantitative estimate of drug-likeness (QED) is 0.803. The van der Waals surface area contributed by atoms with Gasteiger partial charge in [-0.2, -0.15) is 10.1 Å². The van der Waals surface area contributed by atoms with Crippen molar-refractivity contribution in [2.24, 2.45) is 0 Å². The average Bonchev–Trinajstić information content (AvgIpc) is 3.09. The largest absolute Gasteiger partial charge is 0.368 e. The maximum absolute atomic E-state index is 5.89. The van der Waals surface area contributed by atoms with Crippen LogP contribution in [0.1, 0.15) is 37.0 Å². The second kappa shape index (κ2) is 5.44. The average molecular weight is 301 g/mol. The van der Waals surface area contributed by atoms with Crippen molar-refractivity contribution in [1.82, 2.24) is 19.7 Å². The summed E-state index contributed by atoms with van der Waals surface area (Å²) in [5.74, 6) is 1.10. The van der Waals surface area contributed by atoms with E-state index in [4.69, 9.17) is 5.73 Å². The van der Waals surface area contributed by atoms with E-state index >= 15 is 0 Å². The molecule has 0 aromatic carbocycles. The van der Waals surface area contributed by atoms with E-state index in [1.165, 1.54) is 4.88 Å². The van der Waals surface area contributed by atoms with Gasteiger partial charge in [-0.3, -0.25) is 0 Å². The summed E-state index contributed by atoms with van der Waals surface area (Å²) >= 11 is 1.67. The molecule has 0 saturated heterocycles. The van der Waals surface area contributed by atoms with Crippen LogP contribution in [0.5, 0.6) is 0 Å². The molecule has 3 heterocycles. The first-order chi connectivity index (χ1) is 10.2. The first-order valence-electron chi connectivity index (χ1n) is 7.30. The number of nitrogens with zero attached hydrogens (tertiary/aromatic N) is 4. The Balaban J connectivity index is 2.28. The van der Waals surface area contributed by atoms with Crippen molar-refractivity contribution in [3.8, 4) is 5.82 Å². The van der Waals surface area contributed by atoms with Crippen LogP contribution in [0.4, 0.5) is 5.95 Å². The van der Waals surface area contributed by atoms with E-state index in [9.17, 15) is 0 Å². The lowest BCUT2D eigenvalue weighted by molar-refractivity contribution is 0.778. The van der Waals surface area contributed by atoms with Gasteiger partial charge in [0.2, 0.25) is 5.95 Å². The number of nitrogens with two attached hydrogens (primary N) is 1. The molecule has 0 fully saturated rings. The molecular weight excluding hydrogens is 282 g/mol. The number of hydrogen-bond acceptors (Lipinski definition) is 5. The molecule has 5 nitrogen and oxygen atoms in total. The highest BCUT2D eigenvalue weighted by Crippen LogP contribution is 2.29. The summed E-state index contributed by atoms with van der Waals surface area (Å²) in [5.41, 5.74) is 8.11. The molecule has 0 aliphatic carbocycles. The topological polar surface area (TPSA) is 69.6 Å². The van der Waals surface area contributed by atoms with Gasteiger partial charge in [0.1, 0.15) is 4.83 Å². The van der Waals surface area contributed by atoms with Gasteiger partial charge in [0, 0.05) is 10.6 Å². The summed E-state index contributed by atoms with van der Waals surface area (Å²) in [6, 6.07) is 4.29. The van der Waals surface area contributed by atoms with Crippen molar-refractivity contribution in [3.63, 3.8) is 0 Å². The Bertz CT molecular complexity index is 787. The molecule has 2 N–H and O–H groups in total. The van der Waals surface area contributed by atoms with Crippen LogP contribution in [0.15, 0.2) is 12.1 Å². The Morgan fingerprint density at radius 1 is 1.10 bits per heavy atom. The molecule has 6 heteroatoms. The first kappa shape index (κ1) is 14.0. The number of rotatable bonds is 4. The maximum atomic E-state index is 5.89. The second-order valence-corrected chi connectivity index (χ2v) is 6.05. The van der Waals surface area contributed by atoms with Gasteiger partial charge >= 0.3 is 0 Å². The van der Waals surface area contributed by atoms with Gasteiger partial charge in [0.15, 0.2) is 5.82 Å². The SMILES string of the molecule is CCc1cc(CC)n(-c2nc(N)nc3sc(CC)cc23)n1. The highest BCUT2D eigenvalue weighted by atomic mass is 32.1. The molecule has 0 spiro atoms. The number of fused-ring (bicyclic) bond motifs is 1. The van der Waals surface area contributed by atoms with Crippen LogP contribution in [0.25, 0.3) is 16.0 Å². The lowest BCUT2D eigenvalue weighted by Gasteiger charge is -2.06. The molecule has 0 bridgehead atoms. The molecule has 0 unspecified atom stereocenters. The molecule has 0 amide bonds. The number of thiophene rings is 1. The van der Waals surface area contributed by atoms with Crippen molar-refractivity contribution in [3.05, 3.63) is 28.4 Å². The predicted octanol–water partition coefficient (Wildman–Crippen LogP) is 3.15. The molecule has 21 heavy (non-hydrogen) atoms. The van der Waals surface area contributed by atoms with Crippen molar-refractivity contribution in [2.75, 3.05) is 5.73 Å². The monoisotopic (exact) mass is 301 g/mol. The van der Waals surface area contributed by atoms with Crippen LogP contribution in [0.3, 0.4) is 0 Å². The molecular formula is C15H19N5S. The van der Waals surface area contributed by atoms with Crippen LogP contribution in [0.2, 0.25) is 0 Å². The highest BCUT2D eigenvalue weighted by Gasteiger charge is 2.15. The Morgan fingerprint density at radius 3 is 2.57 bits per heavy atom. The fraction of sp³-hybridized carbons (Fsp3) is 0.400. The van der Waals surface area contributed by atoms with E-state index in [1.54, 1.807) is 11.3 Å². The van der Waals surface area contributed by atoms with Crippen molar-refractivity contribution in [1.29, 1.82) is 0 Å². The van der Waals surface area contributed by atoms with Crippen LogP contribution in [-0.4, -0.2) is 19.7 Å². The van der Waals surface area contributed by atoms with Gasteiger partial charge < -0.3 is 5.73 Å². The molecule has 0 atom stereocenters. The third-order valence-electron chi connectivity index (χ3n) is 3.55. The fourth-order valence-corrected chi connectivity index (χ4v) is 3.36. The first-order valence-corrected chi connectivity index (χ1v) is 8.12. The minimum absolute atomic E-state index is 0.303. The number of aromatic nitrogens is 4. The third kappa shape index (κ3) is 2.40. The van der Waals surface area contributed by atoms with Crippen LogP contribution >= 0.6 is 11.3 Å². The Labute approximate surface area is 127 Å². The van der Waals surface area contributed by atoms with E-state index in [0.29, 0.717) is 5.95 Å². The number of aryl methyl sites for hydroxylation is 3. The van der Waals surface area contributed by atoms with Crippen molar-refractivity contribution < 1.29 is 0 Å². The van der Waals surface area contributed by atoms with Gasteiger partial charge in [0.25, 0.3) is 0 Å². The van der Waals surface area contributed by atoms with E-state index < -0.39 is 0 Å². The smallest absolute Gasteiger partial charge is 0.223 e. The summed E-state index contributed by atoms with van der Waals surface area (Å²) < 4.78 is 1.92. The molecule has 3 aromatic heterocycles. The van der Waals surface area contributed by atoms with Gasteiger partial charge in [-0.05, 0) is 31.4 Å². The van der Waals surface area contributed by atoms with E-state index in [0.717, 1.165) is 46.7 Å². The number of hydrogen-bond donors (Lipinski definition) is 1. The van der Waals surface area contributed by atoms with Crippen LogP contribution < -0.4 is 5.73 Å². The molecule has 0 aliphatic rings. The fourth-order valence-electron chi connectivity index (χ4n) is 2.39.